The van der Waals surface area contributed by atoms with Gasteiger partial charge in [0.2, 0.25) is 0 Å². The third kappa shape index (κ3) is 1.91. The summed E-state index contributed by atoms with van der Waals surface area (Å²) in [5.41, 5.74) is 1.18. The second-order valence-electron chi connectivity index (χ2n) is 2.66. The van der Waals surface area contributed by atoms with Gasteiger partial charge in [0.05, 0.1) is 5.56 Å². The first-order valence-corrected chi connectivity index (χ1v) is 3.90. The Kier molecular flexibility index (Phi) is 2.89. The lowest BCUT2D eigenvalue weighted by molar-refractivity contribution is 0.0696. The van der Waals surface area contributed by atoms with Crippen LogP contribution in [0.1, 0.15) is 21.5 Å². The zero-order valence-corrected chi connectivity index (χ0v) is 7.53. The van der Waals surface area contributed by atoms with Crippen molar-refractivity contribution in [1.82, 2.24) is 0 Å². The molecule has 0 fully saturated rings. The van der Waals surface area contributed by atoms with Gasteiger partial charge in [0.25, 0.3) is 0 Å². The van der Waals surface area contributed by atoms with Crippen molar-refractivity contribution >= 4 is 5.97 Å². The van der Waals surface area contributed by atoms with E-state index in [0.29, 0.717) is 11.1 Å². The summed E-state index contributed by atoms with van der Waals surface area (Å²) in [5.74, 6) is 3.65. The van der Waals surface area contributed by atoms with Crippen LogP contribution in [0.25, 0.3) is 0 Å². The number of hydrogen-bond donors (Lipinski definition) is 1. The summed E-state index contributed by atoms with van der Waals surface area (Å²) in [5, 5.41) is 17.2. The molecule has 0 bridgehead atoms. The summed E-state index contributed by atoms with van der Waals surface area (Å²) in [6, 6.07) is 6.64. The Labute approximate surface area is 81.6 Å². The molecule has 0 atom stereocenters. The molecule has 0 unspecified atom stereocenters. The van der Waals surface area contributed by atoms with Crippen molar-refractivity contribution in [2.45, 2.75) is 6.92 Å². The minimum Gasteiger partial charge on any atom is -0.478 e. The Morgan fingerprint density at radius 2 is 2.21 bits per heavy atom. The lowest BCUT2D eigenvalue weighted by atomic mass is 10.0. The molecule has 0 saturated carbocycles. The van der Waals surface area contributed by atoms with E-state index in [-0.39, 0.29) is 5.56 Å². The Morgan fingerprint density at radius 1 is 1.50 bits per heavy atom. The number of nitriles is 1. The van der Waals surface area contributed by atoms with Crippen molar-refractivity contribution in [3.8, 4) is 17.9 Å². The Morgan fingerprint density at radius 3 is 2.79 bits per heavy atom. The van der Waals surface area contributed by atoms with Gasteiger partial charge >= 0.3 is 5.97 Å². The van der Waals surface area contributed by atoms with Crippen molar-refractivity contribution in [3.63, 3.8) is 0 Å². The van der Waals surface area contributed by atoms with Crippen LogP contribution in [-0.2, 0) is 0 Å². The van der Waals surface area contributed by atoms with Gasteiger partial charge in [-0.1, -0.05) is 12.1 Å². The van der Waals surface area contributed by atoms with Crippen molar-refractivity contribution in [2.24, 2.45) is 0 Å². The lowest BCUT2D eigenvalue weighted by Crippen LogP contribution is -2.02. The molecule has 0 radical (unpaired) electrons. The van der Waals surface area contributed by atoms with Crippen LogP contribution in [0.4, 0.5) is 0 Å². The van der Waals surface area contributed by atoms with E-state index in [1.165, 1.54) is 0 Å². The SMILES string of the molecule is Cc1cccc(C#CC#N)c1C(=O)O. The number of nitrogens with zero attached hydrogens (tertiary/aromatic N) is 1. The standard InChI is InChI=1S/C11H7NO2/c1-8-4-2-5-9(6-3-7-12)10(8)11(13)14/h2,4-5H,1H3,(H,13,14). The summed E-state index contributed by atoms with van der Waals surface area (Å²) in [6.07, 6.45) is 0. The van der Waals surface area contributed by atoms with Crippen LogP contribution in [0, 0.1) is 30.1 Å². The van der Waals surface area contributed by atoms with Crippen molar-refractivity contribution in [1.29, 1.82) is 5.26 Å². The van der Waals surface area contributed by atoms with Crippen LogP contribution in [0.3, 0.4) is 0 Å². The van der Waals surface area contributed by atoms with Crippen LogP contribution in [-0.4, -0.2) is 11.1 Å². The highest BCUT2D eigenvalue weighted by Crippen LogP contribution is 2.12. The van der Waals surface area contributed by atoms with Crippen molar-refractivity contribution in [3.05, 3.63) is 34.9 Å². The van der Waals surface area contributed by atoms with Gasteiger partial charge in [-0.15, -0.1) is 0 Å². The molecule has 1 N–H and O–H groups in total. The topological polar surface area (TPSA) is 61.1 Å². The molecule has 3 nitrogen and oxygen atoms in total. The molecule has 0 spiro atoms. The van der Waals surface area contributed by atoms with E-state index < -0.39 is 5.97 Å². The Balaban J connectivity index is 3.37. The van der Waals surface area contributed by atoms with Crippen LogP contribution in [0.5, 0.6) is 0 Å². The molecule has 0 aliphatic carbocycles. The van der Waals surface area contributed by atoms with Crippen LogP contribution in [0.2, 0.25) is 0 Å². The molecule has 1 aromatic carbocycles. The van der Waals surface area contributed by atoms with E-state index in [9.17, 15) is 4.79 Å². The molecule has 1 rings (SSSR count). The molecular formula is C11H7NO2. The average Bonchev–Trinajstić information content (AvgIpc) is 2.14. The molecule has 0 saturated heterocycles. The zero-order chi connectivity index (χ0) is 10.6. The Bertz CT molecular complexity index is 472. The first kappa shape index (κ1) is 9.83. The number of carboxylic acid groups (broad SMARTS) is 1. The molecule has 0 aliphatic rings. The molecular weight excluding hydrogens is 178 g/mol. The maximum absolute atomic E-state index is 10.9. The first-order chi connectivity index (χ1) is 6.66. The van der Waals surface area contributed by atoms with E-state index in [4.69, 9.17) is 10.4 Å². The Hall–Kier alpha value is -2.26. The summed E-state index contributed by atoms with van der Waals surface area (Å²) >= 11 is 0. The number of rotatable bonds is 1. The molecule has 0 heterocycles. The fourth-order valence-corrected chi connectivity index (χ4v) is 1.15. The maximum Gasteiger partial charge on any atom is 0.337 e. The largest absolute Gasteiger partial charge is 0.478 e. The van der Waals surface area contributed by atoms with Gasteiger partial charge in [0, 0.05) is 11.5 Å². The van der Waals surface area contributed by atoms with Gasteiger partial charge in [0.1, 0.15) is 0 Å². The van der Waals surface area contributed by atoms with E-state index in [2.05, 4.69) is 11.8 Å². The van der Waals surface area contributed by atoms with Gasteiger partial charge in [-0.2, -0.15) is 5.26 Å². The van der Waals surface area contributed by atoms with Gasteiger partial charge in [-0.25, -0.2) is 4.79 Å². The minimum absolute atomic E-state index is 0.162. The fourth-order valence-electron chi connectivity index (χ4n) is 1.15. The van der Waals surface area contributed by atoms with E-state index >= 15 is 0 Å². The second-order valence-corrected chi connectivity index (χ2v) is 2.66. The number of carbonyl (C=O) groups is 1. The minimum atomic E-state index is -1.02. The highest BCUT2D eigenvalue weighted by atomic mass is 16.4. The number of benzene rings is 1. The third-order valence-electron chi connectivity index (χ3n) is 1.74. The molecule has 0 aromatic heterocycles. The predicted molar refractivity (Wildman–Crippen MR) is 50.6 cm³/mol. The normalized spacial score (nSPS) is 8.29. The smallest absolute Gasteiger partial charge is 0.337 e. The molecule has 0 aliphatic heterocycles. The lowest BCUT2D eigenvalue weighted by Gasteiger charge is -2.01. The molecule has 14 heavy (non-hydrogen) atoms. The van der Waals surface area contributed by atoms with Crippen LogP contribution in [0.15, 0.2) is 18.2 Å². The van der Waals surface area contributed by atoms with E-state index in [1.807, 2.05) is 0 Å². The highest BCUT2D eigenvalue weighted by molar-refractivity contribution is 5.92. The van der Waals surface area contributed by atoms with Gasteiger partial charge < -0.3 is 5.11 Å². The summed E-state index contributed by atoms with van der Waals surface area (Å²) in [7, 11) is 0. The second kappa shape index (κ2) is 4.11. The first-order valence-electron chi connectivity index (χ1n) is 3.90. The van der Waals surface area contributed by atoms with Crippen molar-refractivity contribution in [2.75, 3.05) is 0 Å². The zero-order valence-electron chi connectivity index (χ0n) is 7.53. The monoisotopic (exact) mass is 185 g/mol. The number of carboxylic acids is 1. The molecule has 68 valence electrons. The predicted octanol–water partition coefficient (Wildman–Crippen LogP) is 1.57. The highest BCUT2D eigenvalue weighted by Gasteiger charge is 2.10. The third-order valence-corrected chi connectivity index (χ3v) is 1.74. The van der Waals surface area contributed by atoms with Gasteiger partial charge in [-0.05, 0) is 24.5 Å². The van der Waals surface area contributed by atoms with E-state index in [0.717, 1.165) is 0 Å². The number of aromatic carboxylic acids is 1. The van der Waals surface area contributed by atoms with Gasteiger partial charge in [-0.3, -0.25) is 0 Å². The van der Waals surface area contributed by atoms with Crippen molar-refractivity contribution < 1.29 is 9.90 Å². The molecule has 3 heteroatoms. The van der Waals surface area contributed by atoms with Crippen LogP contribution < -0.4 is 0 Å². The summed E-state index contributed by atoms with van der Waals surface area (Å²) in [4.78, 5) is 10.9. The molecule has 1 aromatic rings. The molecule has 0 amide bonds. The fraction of sp³-hybridized carbons (Fsp3) is 0.0909. The summed E-state index contributed by atoms with van der Waals surface area (Å²) < 4.78 is 0. The van der Waals surface area contributed by atoms with Crippen LogP contribution >= 0.6 is 0 Å². The van der Waals surface area contributed by atoms with Gasteiger partial charge in [0.15, 0.2) is 6.07 Å². The quantitative estimate of drug-likeness (QED) is 0.675. The number of aryl methyl sites for hydroxylation is 1. The maximum atomic E-state index is 10.9. The average molecular weight is 185 g/mol. The number of hydrogen-bond acceptors (Lipinski definition) is 2. The van der Waals surface area contributed by atoms with E-state index in [1.54, 1.807) is 31.2 Å². The summed E-state index contributed by atoms with van der Waals surface area (Å²) in [6.45, 7) is 1.70.